The maximum absolute atomic E-state index is 9.55. The number of carboxylic acids is 2. The van der Waals surface area contributed by atoms with Gasteiger partial charge in [-0.3, -0.25) is 0 Å². The quantitative estimate of drug-likeness (QED) is 0.728. The van der Waals surface area contributed by atoms with Crippen LogP contribution in [0.15, 0.2) is 36.4 Å². The second kappa shape index (κ2) is 10.4. The molecule has 0 aromatic heterocycles. The maximum atomic E-state index is 9.55. The van der Waals surface area contributed by atoms with Crippen LogP contribution in [-0.4, -0.2) is 78.3 Å². The lowest BCUT2D eigenvalue weighted by Crippen LogP contribution is -2.60. The van der Waals surface area contributed by atoms with E-state index >= 15 is 0 Å². The molecule has 0 spiro atoms. The molecule has 0 amide bonds. The zero-order valence-electron chi connectivity index (χ0n) is 17.6. The second-order valence-corrected chi connectivity index (χ2v) is 8.16. The van der Waals surface area contributed by atoms with Gasteiger partial charge in [-0.05, 0) is 53.0 Å². The van der Waals surface area contributed by atoms with Crippen LogP contribution in [0.4, 0.5) is 0 Å². The zero-order valence-corrected chi connectivity index (χ0v) is 17.6. The summed E-state index contributed by atoms with van der Waals surface area (Å²) in [5.41, 5.74) is 1.29. The number of hydrogen-bond acceptors (Lipinski definition) is 5. The number of likely N-dealkylation sites (tertiary alicyclic amines) is 1. The predicted octanol–water partition coefficient (Wildman–Crippen LogP) is 2.36. The summed E-state index contributed by atoms with van der Waals surface area (Å²) in [4.78, 5) is 24.0. The third-order valence-electron chi connectivity index (χ3n) is 5.61. The van der Waals surface area contributed by atoms with Crippen LogP contribution in [0.5, 0.6) is 5.75 Å². The summed E-state index contributed by atoms with van der Waals surface area (Å²) < 4.78 is 6.45. The number of aryl methyl sites for hydroxylation is 1. The standard InChI is InChI=1S/C18H28N2O.C4H4O4/c1-13-5-8-15(9-6-13)21-18-14-7-10-17(19(2)3)16(18)12-20(4)11-14;5-3(6)1-2-4(7)8/h5-6,8-9,14,16-18H,7,10-12H2,1-4H3;1-2H,(H,5,6)(H,7,8)/b;2-1+/t14?,16?,17-,18-;/m1./s1. The largest absolute Gasteiger partial charge is 0.490 e. The molecule has 29 heavy (non-hydrogen) atoms. The van der Waals surface area contributed by atoms with Crippen LogP contribution in [0.25, 0.3) is 0 Å². The molecule has 7 heteroatoms. The molecule has 2 fully saturated rings. The third kappa shape index (κ3) is 6.87. The Labute approximate surface area is 172 Å². The van der Waals surface area contributed by atoms with Crippen molar-refractivity contribution in [1.82, 2.24) is 9.80 Å². The molecule has 1 saturated carbocycles. The number of ether oxygens (including phenoxy) is 1. The number of hydrogen-bond donors (Lipinski definition) is 2. The van der Waals surface area contributed by atoms with E-state index < -0.39 is 11.9 Å². The lowest BCUT2D eigenvalue weighted by atomic mass is 9.72. The first kappa shape index (κ1) is 22.9. The Kier molecular flexibility index (Phi) is 8.22. The average molecular weight is 405 g/mol. The van der Waals surface area contributed by atoms with Gasteiger partial charge in [0.05, 0.1) is 0 Å². The van der Waals surface area contributed by atoms with Crippen LogP contribution in [0.1, 0.15) is 18.4 Å². The SMILES string of the molecule is Cc1ccc(O[C@@H]2C3CC[C@@H](N(C)C)C2CN(C)C3)cc1.O=C(O)/C=C/C(=O)O. The van der Waals surface area contributed by atoms with Gasteiger partial charge in [0, 0.05) is 43.1 Å². The lowest BCUT2D eigenvalue weighted by molar-refractivity contribution is -0.134. The van der Waals surface area contributed by atoms with E-state index in [-0.39, 0.29) is 0 Å². The van der Waals surface area contributed by atoms with Crippen molar-refractivity contribution in [2.75, 3.05) is 34.2 Å². The fourth-order valence-corrected chi connectivity index (χ4v) is 4.33. The van der Waals surface area contributed by atoms with Gasteiger partial charge in [-0.25, -0.2) is 9.59 Å². The van der Waals surface area contributed by atoms with Gasteiger partial charge >= 0.3 is 11.9 Å². The molecule has 7 nitrogen and oxygen atoms in total. The molecule has 2 unspecified atom stereocenters. The first-order valence-corrected chi connectivity index (χ1v) is 9.89. The Morgan fingerprint density at radius 1 is 1.07 bits per heavy atom. The molecule has 4 atom stereocenters. The number of fused-ring (bicyclic) bond motifs is 2. The average Bonchev–Trinajstić information content (AvgIpc) is 2.63. The Morgan fingerprint density at radius 3 is 2.17 bits per heavy atom. The number of carboxylic acid groups (broad SMARTS) is 2. The zero-order chi connectivity index (χ0) is 21.6. The van der Waals surface area contributed by atoms with Crippen LogP contribution >= 0.6 is 0 Å². The molecule has 1 saturated heterocycles. The van der Waals surface area contributed by atoms with Crippen molar-refractivity contribution in [3.8, 4) is 5.75 Å². The number of aliphatic carboxylic acids is 2. The Hall–Kier alpha value is -2.38. The first-order valence-electron chi connectivity index (χ1n) is 9.89. The monoisotopic (exact) mass is 404 g/mol. The van der Waals surface area contributed by atoms with Crippen molar-refractivity contribution in [3.63, 3.8) is 0 Å². The van der Waals surface area contributed by atoms with E-state index in [1.807, 2.05) is 0 Å². The van der Waals surface area contributed by atoms with Gasteiger partial charge in [-0.2, -0.15) is 0 Å². The number of benzene rings is 1. The van der Waals surface area contributed by atoms with Crippen molar-refractivity contribution in [2.45, 2.75) is 31.9 Å². The summed E-state index contributed by atoms with van der Waals surface area (Å²) in [5, 5.41) is 15.6. The van der Waals surface area contributed by atoms with Crippen LogP contribution in [0, 0.1) is 18.8 Å². The first-order chi connectivity index (χ1) is 13.7. The predicted molar refractivity (Wildman–Crippen MR) is 111 cm³/mol. The fourth-order valence-electron chi connectivity index (χ4n) is 4.33. The number of piperidine rings is 1. The molecule has 160 valence electrons. The van der Waals surface area contributed by atoms with E-state index in [2.05, 4.69) is 62.1 Å². The van der Waals surface area contributed by atoms with Gasteiger partial charge in [0.1, 0.15) is 11.9 Å². The summed E-state index contributed by atoms with van der Waals surface area (Å²) >= 11 is 0. The molecule has 1 heterocycles. The van der Waals surface area contributed by atoms with Crippen molar-refractivity contribution >= 4 is 11.9 Å². The van der Waals surface area contributed by atoms with Crippen molar-refractivity contribution in [3.05, 3.63) is 42.0 Å². The van der Waals surface area contributed by atoms with Crippen LogP contribution in [0.2, 0.25) is 0 Å². The minimum atomic E-state index is -1.26. The third-order valence-corrected chi connectivity index (χ3v) is 5.61. The Bertz CT molecular complexity index is 700. The minimum Gasteiger partial charge on any atom is -0.490 e. The summed E-state index contributed by atoms with van der Waals surface area (Å²) in [6.45, 7) is 4.44. The van der Waals surface area contributed by atoms with Crippen molar-refractivity contribution in [1.29, 1.82) is 0 Å². The second-order valence-electron chi connectivity index (χ2n) is 8.16. The molecule has 1 aliphatic heterocycles. The number of carbonyl (C=O) groups is 2. The Morgan fingerprint density at radius 2 is 1.66 bits per heavy atom. The molecule has 0 radical (unpaired) electrons. The summed E-state index contributed by atoms with van der Waals surface area (Å²) in [5.74, 6) is -0.200. The molecular weight excluding hydrogens is 372 g/mol. The van der Waals surface area contributed by atoms with Crippen molar-refractivity contribution < 1.29 is 24.5 Å². The van der Waals surface area contributed by atoms with E-state index in [9.17, 15) is 9.59 Å². The molecule has 2 bridgehead atoms. The smallest absolute Gasteiger partial charge is 0.328 e. The highest BCUT2D eigenvalue weighted by Gasteiger charge is 2.45. The summed E-state index contributed by atoms with van der Waals surface area (Å²) in [6.07, 6.45) is 4.07. The molecule has 1 aromatic rings. The van der Waals surface area contributed by atoms with Gasteiger partial charge in [0.2, 0.25) is 0 Å². The van der Waals surface area contributed by atoms with Crippen molar-refractivity contribution in [2.24, 2.45) is 11.8 Å². The highest BCUT2D eigenvalue weighted by atomic mass is 16.5. The van der Waals surface area contributed by atoms with Crippen LogP contribution in [0.3, 0.4) is 0 Å². The minimum absolute atomic E-state index is 0.366. The van der Waals surface area contributed by atoms with E-state index in [4.69, 9.17) is 14.9 Å². The normalized spacial score (nSPS) is 26.7. The van der Waals surface area contributed by atoms with Gasteiger partial charge in [0.25, 0.3) is 0 Å². The highest BCUT2D eigenvalue weighted by molar-refractivity contribution is 5.89. The highest BCUT2D eigenvalue weighted by Crippen LogP contribution is 2.38. The Balaban J connectivity index is 0.000000321. The molecule has 3 rings (SSSR count). The maximum Gasteiger partial charge on any atom is 0.328 e. The molecule has 2 N–H and O–H groups in total. The van der Waals surface area contributed by atoms with Gasteiger partial charge in [0.15, 0.2) is 0 Å². The number of rotatable bonds is 5. The van der Waals surface area contributed by atoms with Gasteiger partial charge in [-0.15, -0.1) is 0 Å². The van der Waals surface area contributed by atoms with Crippen LogP contribution in [-0.2, 0) is 9.59 Å². The fraction of sp³-hybridized carbons (Fsp3) is 0.545. The van der Waals surface area contributed by atoms with Gasteiger partial charge in [-0.1, -0.05) is 17.7 Å². The van der Waals surface area contributed by atoms with E-state index in [1.54, 1.807) is 0 Å². The summed E-state index contributed by atoms with van der Waals surface area (Å²) in [7, 11) is 6.67. The molecule has 1 aliphatic carbocycles. The van der Waals surface area contributed by atoms with E-state index in [0.29, 0.717) is 36.1 Å². The molecular formula is C22H32N2O5. The van der Waals surface area contributed by atoms with E-state index in [0.717, 1.165) is 12.3 Å². The summed E-state index contributed by atoms with van der Waals surface area (Å²) in [6, 6.07) is 9.16. The topological polar surface area (TPSA) is 90.3 Å². The van der Waals surface area contributed by atoms with Gasteiger partial charge < -0.3 is 24.7 Å². The van der Waals surface area contributed by atoms with E-state index in [1.165, 1.54) is 24.9 Å². The molecule has 1 aromatic carbocycles. The number of nitrogens with zero attached hydrogens (tertiary/aromatic N) is 2. The lowest BCUT2D eigenvalue weighted by Gasteiger charge is -2.51. The van der Waals surface area contributed by atoms with Crippen LogP contribution < -0.4 is 4.74 Å². The molecule has 2 aliphatic rings.